The fourth-order valence-corrected chi connectivity index (χ4v) is 9.58. The minimum Gasteiger partial charge on any atom is -0.291 e. The fraction of sp³-hybridized carbons (Fsp3) is 0. The Morgan fingerprint density at radius 1 is 0.379 bits per heavy atom. The van der Waals surface area contributed by atoms with E-state index in [9.17, 15) is 0 Å². The highest BCUT2D eigenvalue weighted by molar-refractivity contribution is 7.26. The highest BCUT2D eigenvalue weighted by Gasteiger charge is 2.20. The standard InChI is InChI=1S/C52H31N5S/c1-3-11-32(12-4-1)33-19-23-38(24-20-33)50-54-49(37-15-5-2-6-16-37)55-51(56-50)39-25-21-36(22-26-39)44-31-42-46-40-17-9-7-13-34(40)28-30-45(46)58-48(42)52-53-47-41-18-10-8-14-35(41)27-29-43(47)57(44)52/h1-31H. The first kappa shape index (κ1) is 32.7. The summed E-state index contributed by atoms with van der Waals surface area (Å²) in [5, 5.41) is 7.32. The van der Waals surface area contributed by atoms with Crippen LogP contribution in [-0.4, -0.2) is 24.3 Å². The first-order valence-corrected chi connectivity index (χ1v) is 20.2. The van der Waals surface area contributed by atoms with E-state index in [1.807, 2.05) is 47.7 Å². The van der Waals surface area contributed by atoms with Crippen molar-refractivity contribution in [2.24, 2.45) is 0 Å². The van der Waals surface area contributed by atoms with Crippen LogP contribution < -0.4 is 0 Å². The Morgan fingerprint density at radius 2 is 0.879 bits per heavy atom. The second kappa shape index (κ2) is 13.0. The van der Waals surface area contributed by atoms with Crippen LogP contribution in [0.15, 0.2) is 188 Å². The Hall–Kier alpha value is -7.54. The highest BCUT2D eigenvalue weighted by atomic mass is 32.1. The van der Waals surface area contributed by atoms with Crippen molar-refractivity contribution in [2.45, 2.75) is 0 Å². The van der Waals surface area contributed by atoms with Gasteiger partial charge in [0.15, 0.2) is 23.1 Å². The maximum atomic E-state index is 5.44. The molecule has 0 atom stereocenters. The minimum atomic E-state index is 0.623. The zero-order valence-electron chi connectivity index (χ0n) is 31.0. The van der Waals surface area contributed by atoms with E-state index in [1.165, 1.54) is 41.9 Å². The summed E-state index contributed by atoms with van der Waals surface area (Å²) in [6, 6.07) is 66.1. The molecule has 5 nitrogen and oxygen atoms in total. The smallest absolute Gasteiger partial charge is 0.164 e. The van der Waals surface area contributed by atoms with Crippen LogP contribution in [0.5, 0.6) is 0 Å². The van der Waals surface area contributed by atoms with Crippen molar-refractivity contribution in [1.82, 2.24) is 24.3 Å². The van der Waals surface area contributed by atoms with Crippen LogP contribution in [0.1, 0.15) is 0 Å². The summed E-state index contributed by atoms with van der Waals surface area (Å²) in [5.41, 5.74) is 10.3. The third-order valence-corrected chi connectivity index (χ3v) is 12.4. The van der Waals surface area contributed by atoms with Gasteiger partial charge in [-0.3, -0.25) is 4.40 Å². The molecule has 12 aromatic rings. The van der Waals surface area contributed by atoms with E-state index in [0.717, 1.165) is 55.6 Å². The average Bonchev–Trinajstić information content (AvgIpc) is 3.89. The maximum absolute atomic E-state index is 5.44. The quantitative estimate of drug-likeness (QED) is 0.175. The van der Waals surface area contributed by atoms with Crippen molar-refractivity contribution in [3.8, 4) is 56.5 Å². The number of fused-ring (bicyclic) bond motifs is 11. The molecular formula is C52H31N5S. The van der Waals surface area contributed by atoms with E-state index in [0.29, 0.717) is 17.5 Å². The van der Waals surface area contributed by atoms with Gasteiger partial charge in [0.2, 0.25) is 0 Å². The van der Waals surface area contributed by atoms with Gasteiger partial charge in [0.1, 0.15) is 0 Å². The molecule has 4 aromatic heterocycles. The Kier molecular flexibility index (Phi) is 7.33. The number of aromatic nitrogens is 5. The fourth-order valence-electron chi connectivity index (χ4n) is 8.40. The van der Waals surface area contributed by atoms with Crippen LogP contribution in [0.4, 0.5) is 0 Å². The van der Waals surface area contributed by atoms with Gasteiger partial charge in [-0.25, -0.2) is 19.9 Å². The summed E-state index contributed by atoms with van der Waals surface area (Å²) in [6.07, 6.45) is 0. The summed E-state index contributed by atoms with van der Waals surface area (Å²) >= 11 is 1.82. The van der Waals surface area contributed by atoms with E-state index in [1.54, 1.807) is 0 Å². The number of benzene rings is 8. The lowest BCUT2D eigenvalue weighted by Gasteiger charge is -2.11. The van der Waals surface area contributed by atoms with Gasteiger partial charge in [0.25, 0.3) is 0 Å². The predicted molar refractivity (Wildman–Crippen MR) is 241 cm³/mol. The number of nitrogens with zero attached hydrogens (tertiary/aromatic N) is 5. The van der Waals surface area contributed by atoms with Crippen LogP contribution in [0.3, 0.4) is 0 Å². The summed E-state index contributed by atoms with van der Waals surface area (Å²) in [6.45, 7) is 0. The van der Waals surface area contributed by atoms with Crippen molar-refractivity contribution >= 4 is 69.7 Å². The summed E-state index contributed by atoms with van der Waals surface area (Å²) in [4.78, 5) is 20.5. The topological polar surface area (TPSA) is 56.0 Å². The number of thiophene rings is 1. The highest BCUT2D eigenvalue weighted by Crippen LogP contribution is 2.44. The van der Waals surface area contributed by atoms with Crippen molar-refractivity contribution in [3.63, 3.8) is 0 Å². The largest absolute Gasteiger partial charge is 0.291 e. The molecule has 0 aliphatic carbocycles. The van der Waals surface area contributed by atoms with Crippen LogP contribution in [0.2, 0.25) is 0 Å². The minimum absolute atomic E-state index is 0.623. The van der Waals surface area contributed by atoms with Gasteiger partial charge < -0.3 is 0 Å². The van der Waals surface area contributed by atoms with Crippen LogP contribution in [0.25, 0.3) is 115 Å². The zero-order chi connectivity index (χ0) is 38.2. The van der Waals surface area contributed by atoms with Gasteiger partial charge in [0.05, 0.1) is 21.4 Å². The van der Waals surface area contributed by atoms with Gasteiger partial charge in [0, 0.05) is 37.5 Å². The molecule has 0 N–H and O–H groups in total. The molecule has 4 heterocycles. The van der Waals surface area contributed by atoms with Gasteiger partial charge in [-0.1, -0.05) is 170 Å². The average molecular weight is 758 g/mol. The van der Waals surface area contributed by atoms with Gasteiger partial charge in [-0.15, -0.1) is 11.3 Å². The molecule has 0 bridgehead atoms. The van der Waals surface area contributed by atoms with Gasteiger partial charge in [-0.05, 0) is 51.0 Å². The molecule has 6 heteroatoms. The van der Waals surface area contributed by atoms with E-state index in [4.69, 9.17) is 19.9 Å². The van der Waals surface area contributed by atoms with Crippen molar-refractivity contribution in [1.29, 1.82) is 0 Å². The van der Waals surface area contributed by atoms with E-state index >= 15 is 0 Å². The van der Waals surface area contributed by atoms with E-state index in [-0.39, 0.29) is 0 Å². The molecule has 0 radical (unpaired) electrons. The SMILES string of the molecule is c1ccc(-c2ccc(-c3nc(-c4ccccc4)nc(-c4ccc(-c5cc6c(sc7ccc8ccccc8c76)c6nc7c8ccccc8ccc7n56)cc4)n3)cc2)cc1. The predicted octanol–water partition coefficient (Wildman–Crippen LogP) is 13.7. The number of pyridine rings is 1. The van der Waals surface area contributed by atoms with Crippen LogP contribution in [-0.2, 0) is 0 Å². The molecule has 0 unspecified atom stereocenters. The third-order valence-electron chi connectivity index (χ3n) is 11.2. The molecule has 0 aliphatic rings. The lowest BCUT2D eigenvalue weighted by Crippen LogP contribution is -2.00. The first-order chi connectivity index (χ1) is 28.7. The molecule has 0 fully saturated rings. The molecule has 0 saturated heterocycles. The normalized spacial score (nSPS) is 11.8. The molecule has 12 rings (SSSR count). The molecule has 0 saturated carbocycles. The van der Waals surface area contributed by atoms with E-state index in [2.05, 4.69) is 156 Å². The summed E-state index contributed by atoms with van der Waals surface area (Å²) < 4.78 is 4.80. The molecular weight excluding hydrogens is 727 g/mol. The van der Waals surface area contributed by atoms with Gasteiger partial charge >= 0.3 is 0 Å². The lowest BCUT2D eigenvalue weighted by molar-refractivity contribution is 1.07. The Bertz CT molecular complexity index is 3540. The van der Waals surface area contributed by atoms with E-state index < -0.39 is 0 Å². The lowest BCUT2D eigenvalue weighted by atomic mass is 10.0. The van der Waals surface area contributed by atoms with Crippen LogP contribution >= 0.6 is 11.3 Å². The Morgan fingerprint density at radius 3 is 1.55 bits per heavy atom. The number of rotatable bonds is 5. The van der Waals surface area contributed by atoms with Crippen molar-refractivity contribution < 1.29 is 0 Å². The van der Waals surface area contributed by atoms with Gasteiger partial charge in [-0.2, -0.15) is 0 Å². The molecule has 0 spiro atoms. The monoisotopic (exact) mass is 757 g/mol. The molecule has 0 amide bonds. The molecule has 8 aromatic carbocycles. The van der Waals surface area contributed by atoms with Crippen molar-refractivity contribution in [3.05, 3.63) is 188 Å². The zero-order valence-corrected chi connectivity index (χ0v) is 31.9. The summed E-state index contributed by atoms with van der Waals surface area (Å²) in [7, 11) is 0. The Balaban J connectivity index is 1.04. The first-order valence-electron chi connectivity index (χ1n) is 19.4. The second-order valence-electron chi connectivity index (χ2n) is 14.7. The Labute approximate surface area is 337 Å². The van der Waals surface area contributed by atoms with Crippen LogP contribution in [0, 0.1) is 0 Å². The molecule has 58 heavy (non-hydrogen) atoms. The third kappa shape index (κ3) is 5.23. The molecule has 0 aliphatic heterocycles. The maximum Gasteiger partial charge on any atom is 0.164 e. The number of hydrogen-bond donors (Lipinski definition) is 0. The number of imidazole rings is 1. The number of hydrogen-bond acceptors (Lipinski definition) is 5. The second-order valence-corrected chi connectivity index (χ2v) is 15.7. The summed E-state index contributed by atoms with van der Waals surface area (Å²) in [5.74, 6) is 1.89. The van der Waals surface area contributed by atoms with Crippen molar-refractivity contribution in [2.75, 3.05) is 0 Å². The molecule has 270 valence electrons.